The van der Waals surface area contributed by atoms with Crippen LogP contribution in [0.1, 0.15) is 30.5 Å². The van der Waals surface area contributed by atoms with Gasteiger partial charge in [0.15, 0.2) is 0 Å². The van der Waals surface area contributed by atoms with Crippen LogP contribution in [-0.4, -0.2) is 25.0 Å². The Morgan fingerprint density at radius 2 is 2.00 bits per heavy atom. The van der Waals surface area contributed by atoms with Gasteiger partial charge >= 0.3 is 0 Å². The van der Waals surface area contributed by atoms with Crippen molar-refractivity contribution < 1.29 is 14.3 Å². The first kappa shape index (κ1) is 18.3. The first-order valence-electron chi connectivity index (χ1n) is 8.54. The summed E-state index contributed by atoms with van der Waals surface area (Å²) in [5.41, 5.74) is 2.74. The Balaban J connectivity index is 1.69. The molecule has 2 aromatic rings. The average molecular weight is 373 g/mol. The van der Waals surface area contributed by atoms with Gasteiger partial charge < -0.3 is 15.0 Å². The predicted octanol–water partition coefficient (Wildman–Crippen LogP) is 3.64. The third-order valence-electron chi connectivity index (χ3n) is 4.33. The number of amides is 2. The number of nitrogens with one attached hydrogen (secondary N) is 1. The molecule has 3 rings (SSSR count). The van der Waals surface area contributed by atoms with Gasteiger partial charge in [-0.3, -0.25) is 9.59 Å². The Morgan fingerprint density at radius 1 is 1.23 bits per heavy atom. The first-order chi connectivity index (χ1) is 12.5. The second-order valence-electron chi connectivity index (χ2n) is 6.27. The van der Waals surface area contributed by atoms with Crippen molar-refractivity contribution in [1.82, 2.24) is 5.32 Å². The summed E-state index contributed by atoms with van der Waals surface area (Å²) in [5.74, 6) is 0.302. The summed E-state index contributed by atoms with van der Waals surface area (Å²) in [5, 5.41) is 3.32. The minimum atomic E-state index is -0.619. The molecule has 5 nitrogen and oxygen atoms in total. The van der Waals surface area contributed by atoms with Crippen molar-refractivity contribution in [3.63, 3.8) is 0 Å². The number of carbonyl (C=O) groups is 2. The van der Waals surface area contributed by atoms with Gasteiger partial charge in [-0.25, -0.2) is 0 Å². The van der Waals surface area contributed by atoms with Crippen LogP contribution in [0.3, 0.4) is 0 Å². The molecule has 0 fully saturated rings. The zero-order chi connectivity index (χ0) is 18.7. The zero-order valence-electron chi connectivity index (χ0n) is 14.8. The van der Waals surface area contributed by atoms with Crippen LogP contribution < -0.4 is 15.0 Å². The van der Waals surface area contributed by atoms with Crippen molar-refractivity contribution in [2.45, 2.75) is 26.3 Å². The molecule has 1 heterocycles. The number of nitrogens with zero attached hydrogens (tertiary/aromatic N) is 1. The number of hydrogen-bond acceptors (Lipinski definition) is 3. The summed E-state index contributed by atoms with van der Waals surface area (Å²) in [7, 11) is 0. The van der Waals surface area contributed by atoms with Gasteiger partial charge in [0.2, 0.25) is 5.91 Å². The van der Waals surface area contributed by atoms with Gasteiger partial charge in [-0.1, -0.05) is 41.9 Å². The summed E-state index contributed by atoms with van der Waals surface area (Å²) in [6.07, 6.45) is 0.650. The fraction of sp³-hybridized carbons (Fsp3) is 0.300. The normalized spacial score (nSPS) is 15.7. The van der Waals surface area contributed by atoms with E-state index in [2.05, 4.69) is 5.32 Å². The van der Waals surface area contributed by atoms with Crippen molar-refractivity contribution in [3.05, 3.63) is 58.6 Å². The Morgan fingerprint density at radius 3 is 2.73 bits per heavy atom. The summed E-state index contributed by atoms with van der Waals surface area (Å²) in [4.78, 5) is 26.0. The van der Waals surface area contributed by atoms with Gasteiger partial charge in [0.1, 0.15) is 11.8 Å². The Labute approximate surface area is 157 Å². The first-order valence-corrected chi connectivity index (χ1v) is 8.92. The van der Waals surface area contributed by atoms with Crippen LogP contribution in [0.4, 0.5) is 5.69 Å². The van der Waals surface area contributed by atoms with Gasteiger partial charge in [0, 0.05) is 19.0 Å². The lowest BCUT2D eigenvalue weighted by Crippen LogP contribution is -2.37. The molecule has 0 aromatic heterocycles. The molecule has 1 N–H and O–H groups in total. The number of para-hydroxylation sites is 2. The highest BCUT2D eigenvalue weighted by atomic mass is 35.5. The lowest BCUT2D eigenvalue weighted by atomic mass is 10.1. The lowest BCUT2D eigenvalue weighted by Gasteiger charge is -2.19. The van der Waals surface area contributed by atoms with E-state index in [9.17, 15) is 9.59 Å². The van der Waals surface area contributed by atoms with E-state index in [4.69, 9.17) is 16.3 Å². The van der Waals surface area contributed by atoms with Crippen LogP contribution >= 0.6 is 11.6 Å². The van der Waals surface area contributed by atoms with E-state index in [1.807, 2.05) is 43.3 Å². The molecule has 2 aromatic carbocycles. The highest BCUT2D eigenvalue weighted by molar-refractivity contribution is 6.32. The molecule has 0 spiro atoms. The smallest absolute Gasteiger partial charge is 0.254 e. The van der Waals surface area contributed by atoms with E-state index in [-0.39, 0.29) is 11.8 Å². The molecule has 2 amide bonds. The van der Waals surface area contributed by atoms with Gasteiger partial charge in [-0.15, -0.1) is 0 Å². The maximum atomic E-state index is 12.8. The number of benzene rings is 2. The maximum absolute atomic E-state index is 12.8. The number of hydrogen-bond donors (Lipinski definition) is 1. The molecule has 0 bridgehead atoms. The van der Waals surface area contributed by atoms with Crippen LogP contribution in [0.15, 0.2) is 42.5 Å². The SMILES string of the molecule is CC(=O)N[C@@H]1C(=O)N(CCCOc2ccccc2Cl)c2c(C)cccc21. The second kappa shape index (κ2) is 7.79. The third-order valence-corrected chi connectivity index (χ3v) is 4.64. The van der Waals surface area contributed by atoms with Crippen LogP contribution in [0.25, 0.3) is 0 Å². The van der Waals surface area contributed by atoms with Crippen LogP contribution in [0.5, 0.6) is 5.75 Å². The average Bonchev–Trinajstić information content (AvgIpc) is 2.86. The molecule has 0 unspecified atom stereocenters. The quantitative estimate of drug-likeness (QED) is 0.787. The van der Waals surface area contributed by atoms with E-state index in [1.165, 1.54) is 6.92 Å². The molecule has 6 heteroatoms. The number of ether oxygens (including phenoxy) is 1. The molecule has 1 aliphatic heterocycles. The van der Waals surface area contributed by atoms with Crippen molar-refractivity contribution in [2.75, 3.05) is 18.1 Å². The maximum Gasteiger partial charge on any atom is 0.254 e. The van der Waals surface area contributed by atoms with Crippen molar-refractivity contribution in [1.29, 1.82) is 0 Å². The van der Waals surface area contributed by atoms with Crippen molar-refractivity contribution in [3.8, 4) is 5.75 Å². The fourth-order valence-corrected chi connectivity index (χ4v) is 3.40. The molecule has 0 aliphatic carbocycles. The molecule has 0 saturated carbocycles. The molecule has 1 atom stereocenters. The van der Waals surface area contributed by atoms with Gasteiger partial charge in [-0.2, -0.15) is 0 Å². The highest BCUT2D eigenvalue weighted by Gasteiger charge is 2.38. The molecule has 0 saturated heterocycles. The topological polar surface area (TPSA) is 58.6 Å². The molecule has 1 aliphatic rings. The van der Waals surface area contributed by atoms with Crippen LogP contribution in [-0.2, 0) is 9.59 Å². The number of rotatable bonds is 6. The molecule has 136 valence electrons. The van der Waals surface area contributed by atoms with Crippen LogP contribution in [0, 0.1) is 6.92 Å². The monoisotopic (exact) mass is 372 g/mol. The van der Waals surface area contributed by atoms with Crippen molar-refractivity contribution in [2.24, 2.45) is 0 Å². The Hall–Kier alpha value is -2.53. The Kier molecular flexibility index (Phi) is 5.47. The zero-order valence-corrected chi connectivity index (χ0v) is 15.5. The summed E-state index contributed by atoms with van der Waals surface area (Å²) in [6, 6.07) is 12.4. The summed E-state index contributed by atoms with van der Waals surface area (Å²) < 4.78 is 5.70. The summed E-state index contributed by atoms with van der Waals surface area (Å²) in [6.45, 7) is 4.34. The molecule has 26 heavy (non-hydrogen) atoms. The van der Waals surface area contributed by atoms with E-state index in [0.29, 0.717) is 30.3 Å². The fourth-order valence-electron chi connectivity index (χ4n) is 3.21. The van der Waals surface area contributed by atoms with E-state index >= 15 is 0 Å². The molecular weight excluding hydrogens is 352 g/mol. The number of aryl methyl sites for hydroxylation is 1. The largest absolute Gasteiger partial charge is 0.492 e. The lowest BCUT2D eigenvalue weighted by molar-refractivity contribution is -0.126. The second-order valence-corrected chi connectivity index (χ2v) is 6.68. The highest BCUT2D eigenvalue weighted by Crippen LogP contribution is 2.38. The number of halogens is 1. The molecule has 0 radical (unpaired) electrons. The number of fused-ring (bicyclic) bond motifs is 1. The summed E-state index contributed by atoms with van der Waals surface area (Å²) >= 11 is 6.08. The van der Waals surface area contributed by atoms with Gasteiger partial charge in [0.05, 0.1) is 17.3 Å². The standard InChI is InChI=1S/C20H21ClN2O3/c1-13-7-5-8-15-18(22-14(2)24)20(25)23(19(13)15)11-6-12-26-17-10-4-3-9-16(17)21/h3-5,7-10,18H,6,11-12H2,1-2H3,(H,22,24)/t18-/m0/s1. The number of anilines is 1. The molecular formula is C20H21ClN2O3. The predicted molar refractivity (Wildman–Crippen MR) is 102 cm³/mol. The van der Waals surface area contributed by atoms with Crippen molar-refractivity contribution >= 4 is 29.1 Å². The van der Waals surface area contributed by atoms with Gasteiger partial charge in [0.25, 0.3) is 5.91 Å². The minimum Gasteiger partial charge on any atom is -0.492 e. The van der Waals surface area contributed by atoms with E-state index in [1.54, 1.807) is 11.0 Å². The van der Waals surface area contributed by atoms with Crippen LogP contribution in [0.2, 0.25) is 5.02 Å². The van der Waals surface area contributed by atoms with E-state index < -0.39 is 6.04 Å². The number of carbonyl (C=O) groups excluding carboxylic acids is 2. The van der Waals surface area contributed by atoms with Gasteiger partial charge in [-0.05, 0) is 31.0 Å². The van der Waals surface area contributed by atoms with E-state index in [0.717, 1.165) is 16.8 Å². The Bertz CT molecular complexity index is 838. The third kappa shape index (κ3) is 3.68. The minimum absolute atomic E-state index is 0.109.